The van der Waals surface area contributed by atoms with Crippen LogP contribution < -0.4 is 5.73 Å². The fraction of sp³-hybridized carbons (Fsp3) is 0.200. The van der Waals surface area contributed by atoms with Crippen molar-refractivity contribution in [3.63, 3.8) is 0 Å². The van der Waals surface area contributed by atoms with Gasteiger partial charge in [-0.1, -0.05) is 17.7 Å². The van der Waals surface area contributed by atoms with Crippen molar-refractivity contribution in [2.45, 2.75) is 11.8 Å². The van der Waals surface area contributed by atoms with E-state index in [-0.39, 0.29) is 9.20 Å². The van der Waals surface area contributed by atoms with E-state index in [4.69, 9.17) is 10.8 Å². The van der Waals surface area contributed by atoms with Crippen LogP contribution in [-0.4, -0.2) is 36.4 Å². The Kier molecular flexibility index (Phi) is 4.04. The van der Waals surface area contributed by atoms with E-state index >= 15 is 0 Å². The summed E-state index contributed by atoms with van der Waals surface area (Å²) >= 11 is 0. The summed E-state index contributed by atoms with van der Waals surface area (Å²) in [4.78, 5) is 22.0. The second kappa shape index (κ2) is 5.15. The van der Waals surface area contributed by atoms with Crippen molar-refractivity contribution in [3.05, 3.63) is 29.8 Å². The van der Waals surface area contributed by atoms with Gasteiger partial charge in [0.25, 0.3) is 15.9 Å². The lowest BCUT2D eigenvalue weighted by atomic mass is 10.2. The molecule has 18 heavy (non-hydrogen) atoms. The van der Waals surface area contributed by atoms with E-state index in [1.165, 1.54) is 24.3 Å². The zero-order valence-electron chi connectivity index (χ0n) is 9.53. The van der Waals surface area contributed by atoms with Gasteiger partial charge in [-0.2, -0.15) is 0 Å². The Labute approximate surface area is 104 Å². The molecule has 3 amide bonds. The number of primary amides is 1. The van der Waals surface area contributed by atoms with Crippen LogP contribution in [0.25, 0.3) is 0 Å². The Morgan fingerprint density at radius 1 is 1.28 bits per heavy atom. The predicted octanol–water partition coefficient (Wildman–Crippen LogP) is -0.417. The van der Waals surface area contributed by atoms with Crippen LogP contribution in [0.3, 0.4) is 0 Å². The van der Waals surface area contributed by atoms with Crippen molar-refractivity contribution in [2.24, 2.45) is 5.73 Å². The minimum atomic E-state index is -4.38. The lowest BCUT2D eigenvalue weighted by molar-refractivity contribution is -0.127. The standard InChI is InChI=1S/C10H12N2O5S/c1-7-2-4-8(5-3-7)18(16,17)12(10(11)15)9(14)6-13/h2-5,13H,6H2,1H3,(H2,11,15). The first-order chi connectivity index (χ1) is 8.30. The predicted molar refractivity (Wildman–Crippen MR) is 61.9 cm³/mol. The van der Waals surface area contributed by atoms with E-state index in [1.54, 1.807) is 6.92 Å². The average Bonchev–Trinajstić information content (AvgIpc) is 2.28. The number of rotatable bonds is 3. The summed E-state index contributed by atoms with van der Waals surface area (Å²) in [6.45, 7) is 0.620. The van der Waals surface area contributed by atoms with Crippen LogP contribution >= 0.6 is 0 Å². The number of aliphatic hydroxyl groups excluding tert-OH is 1. The second-order valence-corrected chi connectivity index (χ2v) is 5.26. The highest BCUT2D eigenvalue weighted by Gasteiger charge is 2.33. The Morgan fingerprint density at radius 3 is 2.17 bits per heavy atom. The average molecular weight is 272 g/mol. The number of aryl methyl sites for hydroxylation is 1. The van der Waals surface area contributed by atoms with E-state index in [1.807, 2.05) is 0 Å². The van der Waals surface area contributed by atoms with Crippen LogP contribution in [0.5, 0.6) is 0 Å². The quantitative estimate of drug-likeness (QED) is 0.775. The number of imide groups is 1. The van der Waals surface area contributed by atoms with Gasteiger partial charge in [0, 0.05) is 0 Å². The summed E-state index contributed by atoms with van der Waals surface area (Å²) in [6.07, 6.45) is 0. The van der Waals surface area contributed by atoms with Gasteiger partial charge >= 0.3 is 6.03 Å². The largest absolute Gasteiger partial charge is 0.386 e. The van der Waals surface area contributed by atoms with Gasteiger partial charge in [0.15, 0.2) is 0 Å². The fourth-order valence-corrected chi connectivity index (χ4v) is 2.51. The van der Waals surface area contributed by atoms with Gasteiger partial charge in [0.05, 0.1) is 4.90 Å². The number of carbonyl (C=O) groups excluding carboxylic acids is 2. The molecule has 1 aromatic carbocycles. The molecule has 0 spiro atoms. The molecule has 0 aliphatic carbocycles. The van der Waals surface area contributed by atoms with Crippen LogP contribution in [0.4, 0.5) is 4.79 Å². The molecule has 0 aromatic heterocycles. The normalized spacial score (nSPS) is 11.0. The van der Waals surface area contributed by atoms with Gasteiger partial charge in [-0.15, -0.1) is 4.31 Å². The van der Waals surface area contributed by atoms with Crippen LogP contribution in [-0.2, 0) is 14.8 Å². The Morgan fingerprint density at radius 2 is 1.78 bits per heavy atom. The molecule has 3 N–H and O–H groups in total. The number of carbonyl (C=O) groups is 2. The maximum Gasteiger partial charge on any atom is 0.335 e. The van der Waals surface area contributed by atoms with Gasteiger partial charge in [0.1, 0.15) is 6.61 Å². The minimum Gasteiger partial charge on any atom is -0.386 e. The molecule has 0 aliphatic heterocycles. The lowest BCUT2D eigenvalue weighted by Crippen LogP contribution is -2.46. The van der Waals surface area contributed by atoms with Crippen molar-refractivity contribution in [1.29, 1.82) is 0 Å². The number of aliphatic hydroxyl groups is 1. The topological polar surface area (TPSA) is 118 Å². The van der Waals surface area contributed by atoms with Crippen molar-refractivity contribution < 1.29 is 23.1 Å². The summed E-state index contributed by atoms with van der Waals surface area (Å²) in [5.41, 5.74) is 5.66. The number of sulfonamides is 1. The third kappa shape index (κ3) is 2.66. The number of benzene rings is 1. The van der Waals surface area contributed by atoms with Gasteiger partial charge in [0.2, 0.25) is 0 Å². The molecule has 0 saturated heterocycles. The first-order valence-electron chi connectivity index (χ1n) is 4.86. The Balaban J connectivity index is 3.30. The molecular formula is C10H12N2O5S. The Hall–Kier alpha value is -1.93. The van der Waals surface area contributed by atoms with Crippen LogP contribution in [0, 0.1) is 6.92 Å². The molecule has 0 heterocycles. The third-order valence-electron chi connectivity index (χ3n) is 2.12. The van der Waals surface area contributed by atoms with Gasteiger partial charge in [-0.05, 0) is 19.1 Å². The number of hydrogen-bond donors (Lipinski definition) is 2. The first kappa shape index (κ1) is 14.1. The highest BCUT2D eigenvalue weighted by molar-refractivity contribution is 7.90. The van der Waals surface area contributed by atoms with Crippen LogP contribution in [0.2, 0.25) is 0 Å². The smallest absolute Gasteiger partial charge is 0.335 e. The maximum absolute atomic E-state index is 12.0. The molecule has 7 nitrogen and oxygen atoms in total. The zero-order valence-corrected chi connectivity index (χ0v) is 10.3. The van der Waals surface area contributed by atoms with Crippen molar-refractivity contribution in [1.82, 2.24) is 4.31 Å². The second-order valence-electron chi connectivity index (χ2n) is 3.47. The molecule has 0 bridgehead atoms. The van der Waals surface area contributed by atoms with Crippen molar-refractivity contribution in [2.75, 3.05) is 6.61 Å². The molecule has 0 radical (unpaired) electrons. The van der Waals surface area contributed by atoms with Crippen molar-refractivity contribution >= 4 is 22.0 Å². The zero-order chi connectivity index (χ0) is 13.9. The number of nitrogens with two attached hydrogens (primary N) is 1. The molecule has 0 fully saturated rings. The summed E-state index contributed by atoms with van der Waals surface area (Å²) in [5.74, 6) is -1.30. The molecule has 0 unspecified atom stereocenters. The van der Waals surface area contributed by atoms with E-state index in [9.17, 15) is 18.0 Å². The molecular weight excluding hydrogens is 260 g/mol. The summed E-state index contributed by atoms with van der Waals surface area (Å²) in [6, 6.07) is 4.04. The molecule has 8 heteroatoms. The lowest BCUT2D eigenvalue weighted by Gasteiger charge is -2.17. The van der Waals surface area contributed by atoms with E-state index in [0.29, 0.717) is 0 Å². The SMILES string of the molecule is Cc1ccc(S(=O)(=O)N(C(N)=O)C(=O)CO)cc1. The highest BCUT2D eigenvalue weighted by atomic mass is 32.2. The van der Waals surface area contributed by atoms with Crippen molar-refractivity contribution in [3.8, 4) is 0 Å². The summed E-state index contributed by atoms with van der Waals surface area (Å²) < 4.78 is 23.8. The molecule has 0 atom stereocenters. The summed E-state index contributed by atoms with van der Waals surface area (Å²) in [7, 11) is -4.38. The van der Waals surface area contributed by atoms with Crippen LogP contribution in [0.1, 0.15) is 5.56 Å². The van der Waals surface area contributed by atoms with Gasteiger partial charge in [-0.3, -0.25) is 4.79 Å². The highest BCUT2D eigenvalue weighted by Crippen LogP contribution is 2.16. The fourth-order valence-electron chi connectivity index (χ4n) is 1.26. The number of nitrogens with zero attached hydrogens (tertiary/aromatic N) is 1. The van der Waals surface area contributed by atoms with Gasteiger partial charge < -0.3 is 10.8 Å². The first-order valence-corrected chi connectivity index (χ1v) is 6.30. The number of hydrogen-bond acceptors (Lipinski definition) is 5. The molecule has 0 saturated carbocycles. The van der Waals surface area contributed by atoms with Crippen LogP contribution in [0.15, 0.2) is 29.2 Å². The number of amides is 3. The molecule has 1 aromatic rings. The van der Waals surface area contributed by atoms with E-state index < -0.39 is 28.6 Å². The van der Waals surface area contributed by atoms with Gasteiger partial charge in [-0.25, -0.2) is 13.2 Å². The third-order valence-corrected chi connectivity index (χ3v) is 3.85. The monoisotopic (exact) mass is 272 g/mol. The molecule has 1 rings (SSSR count). The molecule has 0 aliphatic rings. The number of urea groups is 1. The maximum atomic E-state index is 12.0. The minimum absolute atomic E-state index is 0.155. The van der Waals surface area contributed by atoms with E-state index in [0.717, 1.165) is 5.56 Å². The molecule has 98 valence electrons. The summed E-state index contributed by atoms with van der Waals surface area (Å²) in [5, 5.41) is 8.65. The Bertz CT molecular complexity index is 564. The van der Waals surface area contributed by atoms with E-state index in [2.05, 4.69) is 0 Å².